The van der Waals surface area contributed by atoms with Gasteiger partial charge in [-0.1, -0.05) is 30.3 Å². The third kappa shape index (κ3) is 3.80. The normalized spacial score (nSPS) is 19.1. The lowest BCUT2D eigenvalue weighted by Crippen LogP contribution is -2.38. The molecule has 0 aromatic heterocycles. The first-order chi connectivity index (χ1) is 8.40. The van der Waals surface area contributed by atoms with Crippen LogP contribution in [0.3, 0.4) is 0 Å². The summed E-state index contributed by atoms with van der Waals surface area (Å²) in [5.74, 6) is 0. The van der Waals surface area contributed by atoms with Crippen LogP contribution in [0.2, 0.25) is 0 Å². The van der Waals surface area contributed by atoms with Crippen molar-refractivity contribution in [3.05, 3.63) is 35.9 Å². The monoisotopic (exact) mass is 235 g/mol. The molecule has 1 aliphatic rings. The topological polar surface area (TPSA) is 30.5 Å². The Morgan fingerprint density at radius 3 is 2.65 bits per heavy atom. The maximum absolute atomic E-state index is 5.38. The van der Waals surface area contributed by atoms with Crippen LogP contribution in [0, 0.1) is 0 Å². The molecule has 0 amide bonds. The van der Waals surface area contributed by atoms with E-state index in [1.165, 1.54) is 5.56 Å². The average Bonchev–Trinajstić information content (AvgIpc) is 2.40. The van der Waals surface area contributed by atoms with Crippen LogP contribution in [0.1, 0.15) is 24.4 Å². The zero-order valence-corrected chi connectivity index (χ0v) is 10.4. The molecule has 1 fully saturated rings. The van der Waals surface area contributed by atoms with Crippen molar-refractivity contribution in [2.75, 3.05) is 26.9 Å². The van der Waals surface area contributed by atoms with Crippen molar-refractivity contribution in [2.45, 2.75) is 24.9 Å². The maximum Gasteiger partial charge on any atom is 0.0657 e. The first-order valence-corrected chi connectivity index (χ1v) is 6.28. The van der Waals surface area contributed by atoms with Crippen molar-refractivity contribution in [3.8, 4) is 0 Å². The summed E-state index contributed by atoms with van der Waals surface area (Å²) in [6.45, 7) is 2.44. The van der Waals surface area contributed by atoms with Gasteiger partial charge in [0.2, 0.25) is 0 Å². The van der Waals surface area contributed by atoms with Gasteiger partial charge in [-0.15, -0.1) is 0 Å². The molecule has 1 aliphatic heterocycles. The van der Waals surface area contributed by atoms with Gasteiger partial charge >= 0.3 is 0 Å². The summed E-state index contributed by atoms with van der Waals surface area (Å²) >= 11 is 0. The van der Waals surface area contributed by atoms with Gasteiger partial charge in [0.15, 0.2) is 0 Å². The summed E-state index contributed by atoms with van der Waals surface area (Å²) < 4.78 is 10.7. The molecule has 0 aliphatic carbocycles. The number of ether oxygens (including phenoxy) is 2. The highest BCUT2D eigenvalue weighted by Crippen LogP contribution is 2.17. The van der Waals surface area contributed by atoms with Crippen molar-refractivity contribution in [1.29, 1.82) is 0 Å². The minimum absolute atomic E-state index is 0.282. The van der Waals surface area contributed by atoms with Crippen LogP contribution in [0.15, 0.2) is 30.3 Å². The Kier molecular flexibility index (Phi) is 4.98. The second kappa shape index (κ2) is 6.74. The van der Waals surface area contributed by atoms with Gasteiger partial charge in [0.05, 0.1) is 12.6 Å². The third-order valence-electron chi connectivity index (χ3n) is 3.19. The molecule has 3 heteroatoms. The quantitative estimate of drug-likeness (QED) is 0.848. The van der Waals surface area contributed by atoms with E-state index < -0.39 is 0 Å². The third-order valence-corrected chi connectivity index (χ3v) is 3.19. The number of hydrogen-bond acceptors (Lipinski definition) is 3. The van der Waals surface area contributed by atoms with Gasteiger partial charge in [0.25, 0.3) is 0 Å². The van der Waals surface area contributed by atoms with E-state index in [4.69, 9.17) is 9.47 Å². The Morgan fingerprint density at radius 2 is 2.00 bits per heavy atom. The van der Waals surface area contributed by atoms with Gasteiger partial charge < -0.3 is 14.8 Å². The highest BCUT2D eigenvalue weighted by atomic mass is 16.5. The molecule has 1 saturated heterocycles. The van der Waals surface area contributed by atoms with Gasteiger partial charge in [-0.2, -0.15) is 0 Å². The van der Waals surface area contributed by atoms with E-state index in [0.717, 1.165) is 26.1 Å². The van der Waals surface area contributed by atoms with Crippen molar-refractivity contribution in [2.24, 2.45) is 0 Å². The van der Waals surface area contributed by atoms with Crippen LogP contribution in [0.25, 0.3) is 0 Å². The van der Waals surface area contributed by atoms with Crippen LogP contribution in [-0.2, 0) is 9.47 Å². The molecule has 3 nitrogen and oxygen atoms in total. The molecular formula is C14H21NO2. The minimum atomic E-state index is 0.282. The second-order valence-electron chi connectivity index (χ2n) is 4.47. The zero-order chi connectivity index (χ0) is 11.9. The summed E-state index contributed by atoms with van der Waals surface area (Å²) in [5.41, 5.74) is 1.29. The SMILES string of the molecule is COC[C@H](NC1CCOCC1)c1ccccc1. The minimum Gasteiger partial charge on any atom is -0.383 e. The molecule has 0 radical (unpaired) electrons. The van der Waals surface area contributed by atoms with Crippen LogP contribution in [-0.4, -0.2) is 33.0 Å². The van der Waals surface area contributed by atoms with Crippen molar-refractivity contribution < 1.29 is 9.47 Å². The Balaban J connectivity index is 1.96. The number of hydrogen-bond donors (Lipinski definition) is 1. The van der Waals surface area contributed by atoms with Gasteiger partial charge in [-0.25, -0.2) is 0 Å². The van der Waals surface area contributed by atoms with E-state index in [1.807, 2.05) is 6.07 Å². The molecule has 2 rings (SSSR count). The highest BCUT2D eigenvalue weighted by Gasteiger charge is 2.19. The van der Waals surface area contributed by atoms with Crippen LogP contribution in [0.5, 0.6) is 0 Å². The van der Waals surface area contributed by atoms with Gasteiger partial charge in [0.1, 0.15) is 0 Å². The smallest absolute Gasteiger partial charge is 0.0657 e. The van der Waals surface area contributed by atoms with E-state index in [-0.39, 0.29) is 6.04 Å². The fraction of sp³-hybridized carbons (Fsp3) is 0.571. The van der Waals surface area contributed by atoms with Crippen LogP contribution in [0.4, 0.5) is 0 Å². The molecule has 0 bridgehead atoms. The fourth-order valence-corrected chi connectivity index (χ4v) is 2.24. The molecular weight excluding hydrogens is 214 g/mol. The van der Waals surface area contributed by atoms with E-state index in [0.29, 0.717) is 12.6 Å². The average molecular weight is 235 g/mol. The predicted octanol–water partition coefficient (Wildman–Crippen LogP) is 2.14. The molecule has 1 heterocycles. The summed E-state index contributed by atoms with van der Waals surface area (Å²) in [4.78, 5) is 0. The number of rotatable bonds is 5. The Labute approximate surface area is 103 Å². The van der Waals surface area contributed by atoms with Crippen molar-refractivity contribution in [1.82, 2.24) is 5.32 Å². The first-order valence-electron chi connectivity index (χ1n) is 6.28. The first kappa shape index (κ1) is 12.6. The van der Waals surface area contributed by atoms with E-state index in [1.54, 1.807) is 7.11 Å². The van der Waals surface area contributed by atoms with Crippen LogP contribution < -0.4 is 5.32 Å². The lowest BCUT2D eigenvalue weighted by Gasteiger charge is -2.28. The molecule has 17 heavy (non-hydrogen) atoms. The second-order valence-corrected chi connectivity index (χ2v) is 4.47. The van der Waals surface area contributed by atoms with Crippen molar-refractivity contribution in [3.63, 3.8) is 0 Å². The zero-order valence-electron chi connectivity index (χ0n) is 10.4. The Hall–Kier alpha value is -0.900. The summed E-state index contributed by atoms with van der Waals surface area (Å²) in [7, 11) is 1.75. The van der Waals surface area contributed by atoms with Crippen LogP contribution >= 0.6 is 0 Å². The predicted molar refractivity (Wildman–Crippen MR) is 68.0 cm³/mol. The summed E-state index contributed by atoms with van der Waals surface area (Å²) in [5, 5.41) is 3.67. The van der Waals surface area contributed by atoms with Gasteiger partial charge in [0, 0.05) is 26.4 Å². The standard InChI is InChI=1S/C14H21NO2/c1-16-11-14(12-5-3-2-4-6-12)15-13-7-9-17-10-8-13/h2-6,13-15H,7-11H2,1H3/t14-/m0/s1. The lowest BCUT2D eigenvalue weighted by molar-refractivity contribution is 0.0687. The largest absolute Gasteiger partial charge is 0.383 e. The summed E-state index contributed by atoms with van der Waals surface area (Å²) in [6.07, 6.45) is 2.18. The highest BCUT2D eigenvalue weighted by molar-refractivity contribution is 5.19. The molecule has 94 valence electrons. The van der Waals surface area contributed by atoms with E-state index >= 15 is 0 Å². The molecule has 1 N–H and O–H groups in total. The number of methoxy groups -OCH3 is 1. The lowest BCUT2D eigenvalue weighted by atomic mass is 10.0. The Bertz CT molecular complexity index is 309. The number of nitrogens with one attached hydrogen (secondary N) is 1. The number of benzene rings is 1. The molecule has 0 unspecified atom stereocenters. The van der Waals surface area contributed by atoms with Crippen molar-refractivity contribution >= 4 is 0 Å². The molecule has 0 spiro atoms. The van der Waals surface area contributed by atoms with Gasteiger partial charge in [-0.05, 0) is 18.4 Å². The van der Waals surface area contributed by atoms with Gasteiger partial charge in [-0.3, -0.25) is 0 Å². The molecule has 0 saturated carbocycles. The molecule has 1 aromatic carbocycles. The Morgan fingerprint density at radius 1 is 1.29 bits per heavy atom. The molecule has 1 aromatic rings. The fourth-order valence-electron chi connectivity index (χ4n) is 2.24. The van der Waals surface area contributed by atoms with E-state index in [2.05, 4.69) is 29.6 Å². The summed E-state index contributed by atoms with van der Waals surface area (Å²) in [6, 6.07) is 11.3. The maximum atomic E-state index is 5.38. The van der Waals surface area contributed by atoms with E-state index in [9.17, 15) is 0 Å². The molecule has 1 atom stereocenters.